The van der Waals surface area contributed by atoms with E-state index in [0.717, 1.165) is 62.0 Å². The Morgan fingerprint density at radius 2 is 2.36 bits per heavy atom. The summed E-state index contributed by atoms with van der Waals surface area (Å²) in [4.78, 5) is 13.9. The first kappa shape index (κ1) is 16.5. The van der Waals surface area contributed by atoms with Crippen molar-refractivity contribution in [3.63, 3.8) is 0 Å². The molecule has 0 saturated heterocycles. The highest BCUT2D eigenvalue weighted by molar-refractivity contribution is 7.18. The number of thiophene rings is 1. The minimum atomic E-state index is 0.755. The highest BCUT2D eigenvalue weighted by Gasteiger charge is 2.24. The second kappa shape index (κ2) is 7.51. The second-order valence-corrected chi connectivity index (χ2v) is 7.30. The molecule has 6 nitrogen and oxygen atoms in total. The van der Waals surface area contributed by atoms with Crippen LogP contribution in [0.25, 0.3) is 10.2 Å². The van der Waals surface area contributed by atoms with E-state index in [4.69, 9.17) is 9.15 Å². The number of rotatable bonds is 7. The van der Waals surface area contributed by atoms with Crippen LogP contribution in [0.4, 0.5) is 5.82 Å². The Balaban J connectivity index is 1.54. The van der Waals surface area contributed by atoms with Crippen LogP contribution in [0.15, 0.2) is 29.1 Å². The van der Waals surface area contributed by atoms with Crippen LogP contribution in [-0.2, 0) is 24.2 Å². The molecular formula is C18H22N4O2S. The first-order chi connectivity index (χ1) is 12.3. The third kappa shape index (κ3) is 3.53. The fourth-order valence-electron chi connectivity index (χ4n) is 3.30. The summed E-state index contributed by atoms with van der Waals surface area (Å²) in [5.41, 5.74) is 1.41. The molecule has 1 aliphatic rings. The van der Waals surface area contributed by atoms with E-state index in [-0.39, 0.29) is 0 Å². The molecule has 0 spiro atoms. The van der Waals surface area contributed by atoms with Gasteiger partial charge in [0, 0.05) is 38.2 Å². The smallest absolute Gasteiger partial charge is 0.138 e. The van der Waals surface area contributed by atoms with Gasteiger partial charge < -0.3 is 14.5 Å². The van der Waals surface area contributed by atoms with Gasteiger partial charge in [-0.15, -0.1) is 11.3 Å². The van der Waals surface area contributed by atoms with Crippen LogP contribution >= 0.6 is 11.3 Å². The molecule has 0 aliphatic carbocycles. The maximum atomic E-state index is 5.49. The summed E-state index contributed by atoms with van der Waals surface area (Å²) in [6.45, 7) is 4.44. The van der Waals surface area contributed by atoms with E-state index >= 15 is 0 Å². The van der Waals surface area contributed by atoms with Gasteiger partial charge in [0.05, 0.1) is 18.2 Å². The van der Waals surface area contributed by atoms with E-state index in [1.165, 1.54) is 15.8 Å². The van der Waals surface area contributed by atoms with E-state index in [9.17, 15) is 0 Å². The van der Waals surface area contributed by atoms with Crippen molar-refractivity contribution in [2.24, 2.45) is 0 Å². The molecule has 0 fully saturated rings. The van der Waals surface area contributed by atoms with E-state index in [0.29, 0.717) is 0 Å². The van der Waals surface area contributed by atoms with Crippen LogP contribution in [0.1, 0.15) is 22.6 Å². The van der Waals surface area contributed by atoms with Crippen LogP contribution in [-0.4, -0.2) is 41.7 Å². The standard InChI is InChI=1S/C18H22N4O2S/c1-23-8-3-6-19-17-16-14-5-7-22(10-13-4-2-9-24-13)11-15(14)25-18(16)21-12-20-17/h2,4,9,12H,3,5-8,10-11H2,1H3,(H,19,20,21). The molecule has 7 heteroatoms. The summed E-state index contributed by atoms with van der Waals surface area (Å²) < 4.78 is 10.6. The number of hydrogen-bond donors (Lipinski definition) is 1. The molecule has 0 amide bonds. The van der Waals surface area contributed by atoms with Crippen molar-refractivity contribution in [1.82, 2.24) is 14.9 Å². The lowest BCUT2D eigenvalue weighted by atomic mass is 10.0. The molecule has 0 bridgehead atoms. The molecule has 4 rings (SSSR count). The monoisotopic (exact) mass is 358 g/mol. The fourth-order valence-corrected chi connectivity index (χ4v) is 4.53. The lowest BCUT2D eigenvalue weighted by molar-refractivity contribution is 0.198. The lowest BCUT2D eigenvalue weighted by Crippen LogP contribution is -2.29. The summed E-state index contributed by atoms with van der Waals surface area (Å²) in [7, 11) is 1.73. The fraction of sp³-hybridized carbons (Fsp3) is 0.444. The summed E-state index contributed by atoms with van der Waals surface area (Å²) in [6.07, 6.45) is 5.38. The number of anilines is 1. The molecule has 0 unspecified atom stereocenters. The van der Waals surface area contributed by atoms with Gasteiger partial charge in [0.1, 0.15) is 22.7 Å². The Labute approximate surface area is 150 Å². The zero-order chi connectivity index (χ0) is 17.1. The predicted octanol–water partition coefficient (Wildman–Crippen LogP) is 3.29. The van der Waals surface area contributed by atoms with Crippen molar-refractivity contribution in [1.29, 1.82) is 0 Å². The van der Waals surface area contributed by atoms with Gasteiger partial charge in [0.25, 0.3) is 0 Å². The number of ether oxygens (including phenoxy) is 1. The van der Waals surface area contributed by atoms with Gasteiger partial charge >= 0.3 is 0 Å². The predicted molar refractivity (Wildman–Crippen MR) is 98.9 cm³/mol. The average Bonchev–Trinajstić information content (AvgIpc) is 3.26. The number of aromatic nitrogens is 2. The number of furan rings is 1. The van der Waals surface area contributed by atoms with E-state index in [2.05, 4.69) is 20.2 Å². The molecule has 4 heterocycles. The number of nitrogens with one attached hydrogen (secondary N) is 1. The molecule has 25 heavy (non-hydrogen) atoms. The molecule has 3 aromatic heterocycles. The topological polar surface area (TPSA) is 63.4 Å². The molecule has 132 valence electrons. The maximum absolute atomic E-state index is 5.49. The zero-order valence-electron chi connectivity index (χ0n) is 14.3. The summed E-state index contributed by atoms with van der Waals surface area (Å²) >= 11 is 1.79. The van der Waals surface area contributed by atoms with Gasteiger partial charge in [-0.2, -0.15) is 0 Å². The van der Waals surface area contributed by atoms with Crippen molar-refractivity contribution in [2.45, 2.75) is 25.9 Å². The highest BCUT2D eigenvalue weighted by Crippen LogP contribution is 2.37. The Kier molecular flexibility index (Phi) is 4.96. The largest absolute Gasteiger partial charge is 0.468 e. The number of nitrogens with zero attached hydrogens (tertiary/aromatic N) is 3. The van der Waals surface area contributed by atoms with Crippen LogP contribution in [0.3, 0.4) is 0 Å². The summed E-state index contributed by atoms with van der Waals surface area (Å²) in [5.74, 6) is 1.97. The van der Waals surface area contributed by atoms with Gasteiger partial charge in [0.15, 0.2) is 0 Å². The summed E-state index contributed by atoms with van der Waals surface area (Å²) in [6, 6.07) is 3.98. The zero-order valence-corrected chi connectivity index (χ0v) is 15.1. The van der Waals surface area contributed by atoms with Gasteiger partial charge in [-0.25, -0.2) is 9.97 Å². The van der Waals surface area contributed by atoms with Crippen molar-refractivity contribution in [3.8, 4) is 0 Å². The Morgan fingerprint density at radius 1 is 1.40 bits per heavy atom. The third-order valence-corrected chi connectivity index (χ3v) is 5.62. The normalized spacial score (nSPS) is 14.8. The first-order valence-corrected chi connectivity index (χ1v) is 9.39. The molecule has 3 aromatic rings. The Morgan fingerprint density at radius 3 is 3.20 bits per heavy atom. The molecule has 0 radical (unpaired) electrons. The number of fused-ring (bicyclic) bond motifs is 3. The minimum absolute atomic E-state index is 0.755. The maximum Gasteiger partial charge on any atom is 0.138 e. The van der Waals surface area contributed by atoms with Crippen LogP contribution in [0.2, 0.25) is 0 Å². The van der Waals surface area contributed by atoms with Gasteiger partial charge in [-0.05, 0) is 30.5 Å². The number of hydrogen-bond acceptors (Lipinski definition) is 7. The van der Waals surface area contributed by atoms with Gasteiger partial charge in [-0.3, -0.25) is 4.90 Å². The molecule has 0 saturated carbocycles. The van der Waals surface area contributed by atoms with Crippen molar-refractivity contribution >= 4 is 27.4 Å². The molecule has 0 aromatic carbocycles. The second-order valence-electron chi connectivity index (χ2n) is 6.22. The van der Waals surface area contributed by atoms with Crippen molar-refractivity contribution in [2.75, 3.05) is 32.1 Å². The van der Waals surface area contributed by atoms with Gasteiger partial charge in [-0.1, -0.05) is 0 Å². The molecule has 1 N–H and O–H groups in total. The molecule has 0 atom stereocenters. The van der Waals surface area contributed by atoms with Crippen molar-refractivity contribution < 1.29 is 9.15 Å². The van der Waals surface area contributed by atoms with Crippen molar-refractivity contribution in [3.05, 3.63) is 40.9 Å². The molecular weight excluding hydrogens is 336 g/mol. The van der Waals surface area contributed by atoms with Gasteiger partial charge in [0.2, 0.25) is 0 Å². The van der Waals surface area contributed by atoms with Crippen LogP contribution in [0, 0.1) is 0 Å². The quantitative estimate of drug-likeness (QED) is 0.654. The van der Waals surface area contributed by atoms with Crippen LogP contribution in [0.5, 0.6) is 0 Å². The molecule has 1 aliphatic heterocycles. The number of methoxy groups -OCH3 is 1. The van der Waals surface area contributed by atoms with Crippen LogP contribution < -0.4 is 5.32 Å². The van der Waals surface area contributed by atoms with E-state index < -0.39 is 0 Å². The summed E-state index contributed by atoms with van der Waals surface area (Å²) in [5, 5.41) is 4.66. The highest BCUT2D eigenvalue weighted by atomic mass is 32.1. The minimum Gasteiger partial charge on any atom is -0.468 e. The first-order valence-electron chi connectivity index (χ1n) is 8.58. The SMILES string of the molecule is COCCCNc1ncnc2sc3c(c12)CCN(Cc1ccco1)C3. The van der Waals surface area contributed by atoms with E-state index in [1.54, 1.807) is 31.0 Å². The third-order valence-electron chi connectivity index (χ3n) is 4.49. The Hall–Kier alpha value is -1.96. The van der Waals surface area contributed by atoms with E-state index in [1.807, 2.05) is 12.1 Å². The Bertz CT molecular complexity index is 831. The lowest BCUT2D eigenvalue weighted by Gasteiger charge is -2.26. The average molecular weight is 358 g/mol.